The van der Waals surface area contributed by atoms with Crippen LogP contribution >= 0.6 is 7.60 Å². The lowest BCUT2D eigenvalue weighted by molar-refractivity contribution is -0.140. The first-order chi connectivity index (χ1) is 16.2. The van der Waals surface area contributed by atoms with E-state index in [9.17, 15) is 18.9 Å². The Morgan fingerprint density at radius 1 is 1.35 bits per heavy atom. The van der Waals surface area contributed by atoms with Crippen molar-refractivity contribution >= 4 is 13.6 Å². The van der Waals surface area contributed by atoms with Crippen LogP contribution in [0.1, 0.15) is 57.2 Å². The van der Waals surface area contributed by atoms with Crippen molar-refractivity contribution in [3.8, 4) is 0 Å². The van der Waals surface area contributed by atoms with Crippen LogP contribution in [0.3, 0.4) is 0 Å². The minimum atomic E-state index is -3.89. The zero-order valence-corrected chi connectivity index (χ0v) is 20.1. The fourth-order valence-corrected chi connectivity index (χ4v) is 5.76. The SMILES string of the molecule is CCOC(=O)CP(=O)(OC[C@H]1O[C@@H](n2cc(C)c(=O)[nH]c2=O)C[C@@H]1N=[N+]=[N-])OC1CCCCC1. The molecule has 1 saturated heterocycles. The summed E-state index contributed by atoms with van der Waals surface area (Å²) in [7, 11) is -3.89. The molecule has 0 amide bonds. The van der Waals surface area contributed by atoms with Crippen molar-refractivity contribution in [2.75, 3.05) is 19.4 Å². The molecule has 0 radical (unpaired) electrons. The first-order valence-electron chi connectivity index (χ1n) is 11.3. The number of H-pyrrole nitrogens is 1. The summed E-state index contributed by atoms with van der Waals surface area (Å²) in [6, 6.07) is -0.736. The Kier molecular flexibility index (Phi) is 9.10. The van der Waals surface area contributed by atoms with Crippen LogP contribution in [0, 0.1) is 6.92 Å². The average molecular weight is 499 g/mol. The molecule has 2 fully saturated rings. The summed E-state index contributed by atoms with van der Waals surface area (Å²) in [5.41, 5.74) is 8.09. The second-order valence-corrected chi connectivity index (χ2v) is 10.4. The Labute approximate surface area is 195 Å². The molecule has 1 aliphatic carbocycles. The van der Waals surface area contributed by atoms with Crippen molar-refractivity contribution < 1.29 is 27.9 Å². The van der Waals surface area contributed by atoms with Gasteiger partial charge in [0, 0.05) is 23.1 Å². The Balaban J connectivity index is 1.75. The highest BCUT2D eigenvalue weighted by Crippen LogP contribution is 2.51. The number of hydrogen-bond donors (Lipinski definition) is 1. The summed E-state index contributed by atoms with van der Waals surface area (Å²) in [6.07, 6.45) is 3.34. The van der Waals surface area contributed by atoms with E-state index in [0.29, 0.717) is 18.4 Å². The molecule has 0 spiro atoms. The van der Waals surface area contributed by atoms with Crippen LogP contribution in [0.25, 0.3) is 10.4 Å². The van der Waals surface area contributed by atoms with E-state index in [0.717, 1.165) is 19.3 Å². The zero-order valence-electron chi connectivity index (χ0n) is 19.3. The number of ether oxygens (including phenoxy) is 2. The Morgan fingerprint density at radius 3 is 2.76 bits per heavy atom. The summed E-state index contributed by atoms with van der Waals surface area (Å²) >= 11 is 0. The maximum Gasteiger partial charge on any atom is 0.342 e. The first-order valence-corrected chi connectivity index (χ1v) is 13.1. The third-order valence-electron chi connectivity index (χ3n) is 5.79. The average Bonchev–Trinajstić information content (AvgIpc) is 3.18. The van der Waals surface area contributed by atoms with Crippen LogP contribution in [0.4, 0.5) is 0 Å². The Hall–Kier alpha value is -2.43. The number of rotatable bonds is 10. The van der Waals surface area contributed by atoms with E-state index < -0.39 is 49.3 Å². The molecule has 2 aliphatic rings. The largest absolute Gasteiger partial charge is 0.466 e. The van der Waals surface area contributed by atoms with Gasteiger partial charge < -0.3 is 18.5 Å². The summed E-state index contributed by atoms with van der Waals surface area (Å²) in [6.45, 7) is 3.02. The minimum absolute atomic E-state index is 0.127. The lowest BCUT2D eigenvalue weighted by Gasteiger charge is -2.28. The van der Waals surface area contributed by atoms with Gasteiger partial charge in [0.2, 0.25) is 0 Å². The number of hydrogen-bond acceptors (Lipinski definition) is 9. The van der Waals surface area contributed by atoms with Crippen molar-refractivity contribution in [3.05, 3.63) is 43.0 Å². The Morgan fingerprint density at radius 2 is 2.09 bits per heavy atom. The van der Waals surface area contributed by atoms with Crippen molar-refractivity contribution in [1.82, 2.24) is 9.55 Å². The zero-order chi connectivity index (χ0) is 24.7. The number of nitrogens with zero attached hydrogens (tertiary/aromatic N) is 4. The molecule has 1 aromatic heterocycles. The van der Waals surface area contributed by atoms with Gasteiger partial charge >= 0.3 is 19.3 Å². The highest BCUT2D eigenvalue weighted by molar-refractivity contribution is 7.54. The predicted octanol–water partition coefficient (Wildman–Crippen LogP) is 2.93. The topological polar surface area (TPSA) is 175 Å². The number of aryl methyl sites for hydroxylation is 1. The fraction of sp³-hybridized carbons (Fsp3) is 0.750. The molecule has 4 atom stereocenters. The fourth-order valence-electron chi connectivity index (χ4n) is 4.09. The molecule has 3 rings (SSSR count). The van der Waals surface area contributed by atoms with Crippen molar-refractivity contribution in [1.29, 1.82) is 0 Å². The lowest BCUT2D eigenvalue weighted by atomic mass is 9.98. The molecule has 188 valence electrons. The summed E-state index contributed by atoms with van der Waals surface area (Å²) in [5, 5.41) is 3.72. The molecule has 13 nitrogen and oxygen atoms in total. The van der Waals surface area contributed by atoms with Gasteiger partial charge in [-0.15, -0.1) is 0 Å². The molecule has 1 unspecified atom stereocenters. The number of carbonyl (C=O) groups is 1. The lowest BCUT2D eigenvalue weighted by Crippen LogP contribution is -2.33. The number of carbonyl (C=O) groups excluding carboxylic acids is 1. The predicted molar refractivity (Wildman–Crippen MR) is 121 cm³/mol. The van der Waals surface area contributed by atoms with Gasteiger partial charge in [-0.2, -0.15) is 0 Å². The minimum Gasteiger partial charge on any atom is -0.466 e. The molecular weight excluding hydrogens is 469 g/mol. The van der Waals surface area contributed by atoms with Gasteiger partial charge in [0.15, 0.2) is 0 Å². The van der Waals surface area contributed by atoms with Gasteiger partial charge in [-0.1, -0.05) is 24.4 Å². The highest BCUT2D eigenvalue weighted by atomic mass is 31.2. The second kappa shape index (κ2) is 11.8. The molecule has 34 heavy (non-hydrogen) atoms. The van der Waals surface area contributed by atoms with E-state index in [1.165, 1.54) is 10.8 Å². The van der Waals surface area contributed by atoms with E-state index in [4.69, 9.17) is 24.1 Å². The van der Waals surface area contributed by atoms with Gasteiger partial charge in [0.25, 0.3) is 5.56 Å². The second-order valence-electron chi connectivity index (χ2n) is 8.35. The van der Waals surface area contributed by atoms with Crippen LogP contribution in [0.5, 0.6) is 0 Å². The van der Waals surface area contributed by atoms with Crippen LogP contribution in [-0.4, -0.2) is 53.1 Å². The van der Waals surface area contributed by atoms with Gasteiger partial charge in [-0.3, -0.25) is 23.7 Å². The van der Waals surface area contributed by atoms with Gasteiger partial charge in [-0.25, -0.2) is 4.79 Å². The quantitative estimate of drug-likeness (QED) is 0.168. The molecule has 1 N–H and O–H groups in total. The third kappa shape index (κ3) is 6.80. The van der Waals surface area contributed by atoms with E-state index in [-0.39, 0.29) is 25.7 Å². The smallest absolute Gasteiger partial charge is 0.342 e. The van der Waals surface area contributed by atoms with E-state index in [1.807, 2.05) is 0 Å². The van der Waals surface area contributed by atoms with Gasteiger partial charge in [-0.05, 0) is 32.2 Å². The molecule has 0 aromatic carbocycles. The van der Waals surface area contributed by atoms with E-state index in [2.05, 4.69) is 15.0 Å². The van der Waals surface area contributed by atoms with Crippen LogP contribution in [-0.2, 0) is 27.9 Å². The highest BCUT2D eigenvalue weighted by Gasteiger charge is 2.40. The number of aromatic amines is 1. The van der Waals surface area contributed by atoms with E-state index >= 15 is 0 Å². The normalized spacial score (nSPS) is 24.8. The van der Waals surface area contributed by atoms with Crippen LogP contribution in [0.15, 0.2) is 20.9 Å². The number of nitrogens with one attached hydrogen (secondary N) is 1. The maximum absolute atomic E-state index is 13.5. The first kappa shape index (κ1) is 26.2. The summed E-state index contributed by atoms with van der Waals surface area (Å²) in [4.78, 5) is 41.0. The van der Waals surface area contributed by atoms with Crippen molar-refractivity contribution in [2.24, 2.45) is 5.11 Å². The summed E-state index contributed by atoms with van der Waals surface area (Å²) in [5.74, 6) is -0.700. The van der Waals surface area contributed by atoms with Crippen LogP contribution in [0.2, 0.25) is 0 Å². The monoisotopic (exact) mass is 499 g/mol. The maximum atomic E-state index is 13.5. The van der Waals surface area contributed by atoms with Crippen molar-refractivity contribution in [2.45, 2.75) is 76.9 Å². The number of azide groups is 1. The molecule has 0 bridgehead atoms. The van der Waals surface area contributed by atoms with Crippen LogP contribution < -0.4 is 11.2 Å². The number of aromatic nitrogens is 2. The molecule has 2 heterocycles. The molecule has 1 saturated carbocycles. The van der Waals surface area contributed by atoms with Gasteiger partial charge in [0.05, 0.1) is 31.5 Å². The molecule has 1 aromatic rings. The standard InChI is InChI=1S/C20H30N5O8P/c1-3-30-18(26)12-34(29,33-14-7-5-4-6-8-14)31-11-16-15(23-24-21)9-17(32-16)25-10-13(2)19(27)22-20(25)28/h10,14-17H,3-9,11-12H2,1-2H3,(H,22,27,28)/t15-,16+,17+,34?/m0/s1. The molecule has 1 aliphatic heterocycles. The Bertz CT molecular complexity index is 1080. The van der Waals surface area contributed by atoms with E-state index in [1.54, 1.807) is 13.8 Å². The third-order valence-corrected chi connectivity index (χ3v) is 7.59. The number of esters is 1. The van der Waals surface area contributed by atoms with Crippen molar-refractivity contribution in [3.63, 3.8) is 0 Å². The molecule has 14 heteroatoms. The van der Waals surface area contributed by atoms with Gasteiger partial charge in [0.1, 0.15) is 12.4 Å². The summed E-state index contributed by atoms with van der Waals surface area (Å²) < 4.78 is 36.9. The molecular formula is C20H30N5O8P.